The van der Waals surface area contributed by atoms with E-state index in [1.54, 1.807) is 0 Å². The SMILES string of the molecule is Cc1nc2cc(C3CCC(C(F)(F)F)CC3)nn2c([C@H]2CCCNC2)c1C. The third kappa shape index (κ3) is 3.58. The quantitative estimate of drug-likeness (QED) is 0.825. The molecule has 1 N–H and O–H groups in total. The Morgan fingerprint density at radius 3 is 2.44 bits per heavy atom. The summed E-state index contributed by atoms with van der Waals surface area (Å²) in [5.41, 5.74) is 5.12. The molecule has 0 aromatic carbocycles. The molecule has 1 saturated heterocycles. The van der Waals surface area contributed by atoms with Crippen molar-refractivity contribution in [3.05, 3.63) is 28.7 Å². The highest BCUT2D eigenvalue weighted by Gasteiger charge is 2.42. The summed E-state index contributed by atoms with van der Waals surface area (Å²) in [4.78, 5) is 4.70. The zero-order chi connectivity index (χ0) is 19.2. The number of halogens is 3. The molecule has 1 aliphatic carbocycles. The molecule has 27 heavy (non-hydrogen) atoms. The molecule has 1 saturated carbocycles. The number of nitrogens with one attached hydrogen (secondary N) is 1. The van der Waals surface area contributed by atoms with E-state index in [1.807, 2.05) is 17.5 Å². The topological polar surface area (TPSA) is 42.2 Å². The van der Waals surface area contributed by atoms with Crippen molar-refractivity contribution in [2.45, 2.75) is 70.4 Å². The van der Waals surface area contributed by atoms with Crippen LogP contribution in [0.3, 0.4) is 0 Å². The van der Waals surface area contributed by atoms with E-state index in [9.17, 15) is 13.2 Å². The van der Waals surface area contributed by atoms with Crippen molar-refractivity contribution in [3.63, 3.8) is 0 Å². The molecule has 3 heterocycles. The second kappa shape index (κ2) is 7.08. The molecule has 0 spiro atoms. The van der Waals surface area contributed by atoms with Gasteiger partial charge in [-0.25, -0.2) is 9.50 Å². The van der Waals surface area contributed by atoms with Crippen molar-refractivity contribution in [2.75, 3.05) is 13.1 Å². The van der Waals surface area contributed by atoms with E-state index in [0.29, 0.717) is 18.8 Å². The van der Waals surface area contributed by atoms with Gasteiger partial charge in [0.25, 0.3) is 0 Å². The first-order valence-electron chi connectivity index (χ1n) is 9.98. The molecule has 2 aliphatic rings. The second-order valence-electron chi connectivity index (χ2n) is 8.18. The lowest BCUT2D eigenvalue weighted by atomic mass is 9.80. The molecule has 1 atom stereocenters. The molecule has 4 rings (SSSR count). The molecule has 0 bridgehead atoms. The summed E-state index contributed by atoms with van der Waals surface area (Å²) < 4.78 is 40.8. The molecule has 0 unspecified atom stereocenters. The number of hydrogen-bond acceptors (Lipinski definition) is 3. The maximum absolute atomic E-state index is 13.0. The number of nitrogens with zero attached hydrogens (tertiary/aromatic N) is 3. The van der Waals surface area contributed by atoms with Gasteiger partial charge < -0.3 is 5.32 Å². The number of alkyl halides is 3. The van der Waals surface area contributed by atoms with Crippen LogP contribution in [0.2, 0.25) is 0 Å². The Labute approximate surface area is 157 Å². The van der Waals surface area contributed by atoms with Gasteiger partial charge in [0.05, 0.1) is 17.3 Å². The van der Waals surface area contributed by atoms with Gasteiger partial charge in [0.15, 0.2) is 5.65 Å². The molecular formula is C20H27F3N4. The molecule has 148 valence electrons. The van der Waals surface area contributed by atoms with Crippen molar-refractivity contribution >= 4 is 5.65 Å². The Morgan fingerprint density at radius 1 is 1.07 bits per heavy atom. The van der Waals surface area contributed by atoms with Gasteiger partial charge in [-0.2, -0.15) is 18.3 Å². The molecular weight excluding hydrogens is 353 g/mol. The first-order chi connectivity index (χ1) is 12.8. The third-order valence-electron chi connectivity index (χ3n) is 6.44. The third-order valence-corrected chi connectivity index (χ3v) is 6.44. The number of aromatic nitrogens is 3. The van der Waals surface area contributed by atoms with E-state index >= 15 is 0 Å². The molecule has 0 radical (unpaired) electrons. The first-order valence-corrected chi connectivity index (χ1v) is 9.98. The number of hydrogen-bond donors (Lipinski definition) is 1. The fraction of sp³-hybridized carbons (Fsp3) is 0.700. The van der Waals surface area contributed by atoms with Gasteiger partial charge in [-0.3, -0.25) is 0 Å². The monoisotopic (exact) mass is 380 g/mol. The van der Waals surface area contributed by atoms with Crippen molar-refractivity contribution in [3.8, 4) is 0 Å². The standard InChI is InChI=1S/C20H27F3N4/c1-12-13(2)25-18-10-17(14-5-7-16(8-6-14)20(21,22)23)26-27(18)19(12)15-4-3-9-24-11-15/h10,14-16,24H,3-9,11H2,1-2H3/t14?,15-,16?/m0/s1. The molecule has 4 nitrogen and oxygen atoms in total. The van der Waals surface area contributed by atoms with E-state index in [1.165, 1.54) is 11.3 Å². The fourth-order valence-electron chi connectivity index (χ4n) is 4.73. The van der Waals surface area contributed by atoms with Gasteiger partial charge in [0.2, 0.25) is 0 Å². The van der Waals surface area contributed by atoms with E-state index in [-0.39, 0.29) is 18.8 Å². The highest BCUT2D eigenvalue weighted by atomic mass is 19.4. The highest BCUT2D eigenvalue weighted by molar-refractivity contribution is 5.46. The van der Waals surface area contributed by atoms with E-state index in [4.69, 9.17) is 10.1 Å². The van der Waals surface area contributed by atoms with Crippen molar-refractivity contribution < 1.29 is 13.2 Å². The van der Waals surface area contributed by atoms with Crippen molar-refractivity contribution in [1.29, 1.82) is 0 Å². The predicted octanol–water partition coefficient (Wildman–Crippen LogP) is 4.65. The van der Waals surface area contributed by atoms with Crippen molar-refractivity contribution in [1.82, 2.24) is 19.9 Å². The summed E-state index contributed by atoms with van der Waals surface area (Å²) in [6, 6.07) is 1.99. The Bertz CT molecular complexity index is 813. The molecule has 2 fully saturated rings. The Kier molecular flexibility index (Phi) is 4.91. The fourth-order valence-corrected chi connectivity index (χ4v) is 4.73. The second-order valence-corrected chi connectivity index (χ2v) is 8.18. The molecule has 2 aromatic rings. The van der Waals surface area contributed by atoms with Gasteiger partial charge in [0.1, 0.15) is 0 Å². The lowest BCUT2D eigenvalue weighted by molar-refractivity contribution is -0.182. The van der Waals surface area contributed by atoms with Crippen LogP contribution in [0.25, 0.3) is 5.65 Å². The summed E-state index contributed by atoms with van der Waals surface area (Å²) in [6.45, 7) is 6.11. The number of fused-ring (bicyclic) bond motifs is 1. The van der Waals surface area contributed by atoms with E-state index in [0.717, 1.165) is 43.0 Å². The minimum atomic E-state index is -4.07. The van der Waals surface area contributed by atoms with Gasteiger partial charge in [-0.15, -0.1) is 0 Å². The number of rotatable bonds is 2. The van der Waals surface area contributed by atoms with Crippen LogP contribution in [-0.2, 0) is 0 Å². The average Bonchev–Trinajstić information content (AvgIpc) is 3.06. The zero-order valence-corrected chi connectivity index (χ0v) is 15.9. The average molecular weight is 380 g/mol. The van der Waals surface area contributed by atoms with Crippen LogP contribution in [0.1, 0.15) is 73.0 Å². The summed E-state index contributed by atoms with van der Waals surface area (Å²) in [5.74, 6) is -0.655. The molecule has 1 aliphatic heterocycles. The predicted molar refractivity (Wildman–Crippen MR) is 98.1 cm³/mol. The maximum atomic E-state index is 13.0. The Balaban J connectivity index is 1.64. The van der Waals surface area contributed by atoms with Crippen LogP contribution in [0, 0.1) is 19.8 Å². The smallest absolute Gasteiger partial charge is 0.316 e. The minimum Gasteiger partial charge on any atom is -0.316 e. The van der Waals surface area contributed by atoms with Crippen molar-refractivity contribution in [2.24, 2.45) is 5.92 Å². The number of piperidine rings is 1. The molecule has 2 aromatic heterocycles. The minimum absolute atomic E-state index is 0.100. The summed E-state index contributed by atoms with van der Waals surface area (Å²) >= 11 is 0. The Morgan fingerprint density at radius 2 is 1.81 bits per heavy atom. The van der Waals surface area contributed by atoms with E-state index in [2.05, 4.69) is 12.2 Å². The molecule has 0 amide bonds. The van der Waals surface area contributed by atoms with Crippen LogP contribution >= 0.6 is 0 Å². The van der Waals surface area contributed by atoms with Gasteiger partial charge >= 0.3 is 6.18 Å². The lowest BCUT2D eigenvalue weighted by Crippen LogP contribution is -2.30. The Hall–Kier alpha value is -1.63. The van der Waals surface area contributed by atoms with Gasteiger partial charge in [-0.1, -0.05) is 0 Å². The highest BCUT2D eigenvalue weighted by Crippen LogP contribution is 2.43. The summed E-state index contributed by atoms with van der Waals surface area (Å²) in [5, 5.41) is 8.31. The van der Waals surface area contributed by atoms with Gasteiger partial charge in [0, 0.05) is 30.1 Å². The first kappa shape index (κ1) is 18.7. The number of aryl methyl sites for hydroxylation is 1. The summed E-state index contributed by atoms with van der Waals surface area (Å²) in [7, 11) is 0. The maximum Gasteiger partial charge on any atom is 0.391 e. The molecule has 7 heteroatoms. The van der Waals surface area contributed by atoms with Crippen LogP contribution in [0.5, 0.6) is 0 Å². The van der Waals surface area contributed by atoms with Crippen LogP contribution in [-0.4, -0.2) is 33.9 Å². The zero-order valence-electron chi connectivity index (χ0n) is 15.9. The largest absolute Gasteiger partial charge is 0.391 e. The normalized spacial score (nSPS) is 27.2. The van der Waals surface area contributed by atoms with Crippen LogP contribution in [0.4, 0.5) is 13.2 Å². The summed E-state index contributed by atoms with van der Waals surface area (Å²) in [6.07, 6.45) is -0.305. The van der Waals surface area contributed by atoms with Crippen LogP contribution in [0.15, 0.2) is 6.07 Å². The van der Waals surface area contributed by atoms with Crippen LogP contribution < -0.4 is 5.32 Å². The van der Waals surface area contributed by atoms with E-state index < -0.39 is 12.1 Å². The lowest BCUT2D eigenvalue weighted by Gasteiger charge is -2.28. The van der Waals surface area contributed by atoms with Gasteiger partial charge in [-0.05, 0) is 64.5 Å².